The minimum atomic E-state index is 0.454. The lowest BCUT2D eigenvalue weighted by Gasteiger charge is -2.12. The van der Waals surface area contributed by atoms with Crippen LogP contribution >= 0.6 is 0 Å². The van der Waals surface area contributed by atoms with Crippen LogP contribution in [0.15, 0.2) is 54.6 Å². The van der Waals surface area contributed by atoms with Gasteiger partial charge in [-0.3, -0.25) is 0 Å². The van der Waals surface area contributed by atoms with Gasteiger partial charge >= 0.3 is 0 Å². The molecule has 102 valence electrons. The van der Waals surface area contributed by atoms with Gasteiger partial charge in [-0.1, -0.05) is 18.2 Å². The monoisotopic (exact) mass is 264 g/mol. The second kappa shape index (κ2) is 5.04. The lowest BCUT2D eigenvalue weighted by molar-refractivity contribution is 0.899. The molecule has 0 amide bonds. The van der Waals surface area contributed by atoms with Crippen LogP contribution in [-0.2, 0) is 0 Å². The minimum absolute atomic E-state index is 0.454. The number of aromatic nitrogens is 1. The van der Waals surface area contributed by atoms with Gasteiger partial charge in [0.25, 0.3) is 0 Å². The van der Waals surface area contributed by atoms with Gasteiger partial charge in [0.2, 0.25) is 0 Å². The Hall–Kier alpha value is -2.22. The van der Waals surface area contributed by atoms with Crippen LogP contribution in [-0.4, -0.2) is 10.6 Å². The van der Waals surface area contributed by atoms with Gasteiger partial charge < -0.3 is 9.88 Å². The highest BCUT2D eigenvalue weighted by Gasteiger charge is 2.06. The molecule has 0 aliphatic rings. The molecule has 2 nitrogen and oxygen atoms in total. The summed E-state index contributed by atoms with van der Waals surface area (Å²) < 4.78 is 2.30. The van der Waals surface area contributed by atoms with Gasteiger partial charge in [-0.15, -0.1) is 0 Å². The molecule has 1 aromatic heterocycles. The number of hydrogen-bond donors (Lipinski definition) is 1. The second-order valence-electron chi connectivity index (χ2n) is 5.53. The highest BCUT2D eigenvalue weighted by atomic mass is 15.0. The number of fused-ring (bicyclic) bond motifs is 1. The summed E-state index contributed by atoms with van der Waals surface area (Å²) in [5.74, 6) is 0. The van der Waals surface area contributed by atoms with E-state index in [1.54, 1.807) is 0 Å². The summed E-state index contributed by atoms with van der Waals surface area (Å²) in [5.41, 5.74) is 4.89. The van der Waals surface area contributed by atoms with Crippen LogP contribution in [0.3, 0.4) is 0 Å². The first kappa shape index (κ1) is 12.8. The first-order chi connectivity index (χ1) is 9.65. The van der Waals surface area contributed by atoms with Crippen molar-refractivity contribution in [2.75, 3.05) is 5.32 Å². The summed E-state index contributed by atoms with van der Waals surface area (Å²) >= 11 is 0. The quantitative estimate of drug-likeness (QED) is 0.721. The minimum Gasteiger partial charge on any atom is -0.383 e. The fourth-order valence-corrected chi connectivity index (χ4v) is 2.68. The number of para-hydroxylation sites is 1. The molecule has 1 N–H and O–H groups in total. The number of nitrogens with one attached hydrogen (secondary N) is 1. The fourth-order valence-electron chi connectivity index (χ4n) is 2.68. The van der Waals surface area contributed by atoms with Gasteiger partial charge in [0.1, 0.15) is 0 Å². The van der Waals surface area contributed by atoms with Crippen molar-refractivity contribution in [3.05, 3.63) is 60.3 Å². The molecule has 1 heterocycles. The zero-order chi connectivity index (χ0) is 14.1. The maximum Gasteiger partial charge on any atom is 0.0531 e. The zero-order valence-electron chi connectivity index (χ0n) is 12.2. The molecule has 0 fully saturated rings. The molecule has 0 atom stereocenters. The average molecular weight is 264 g/mol. The van der Waals surface area contributed by atoms with E-state index < -0.39 is 0 Å². The van der Waals surface area contributed by atoms with Crippen LogP contribution in [0.5, 0.6) is 0 Å². The molecule has 0 spiro atoms. The summed E-state index contributed by atoms with van der Waals surface area (Å²) in [7, 11) is 0. The first-order valence-electron chi connectivity index (χ1n) is 7.09. The van der Waals surface area contributed by atoms with E-state index >= 15 is 0 Å². The Kier molecular flexibility index (Phi) is 3.23. The van der Waals surface area contributed by atoms with Crippen molar-refractivity contribution in [1.82, 2.24) is 4.57 Å². The molecule has 0 unspecified atom stereocenters. The lowest BCUT2D eigenvalue weighted by atomic mass is 10.2. The summed E-state index contributed by atoms with van der Waals surface area (Å²) in [5, 5.41) is 4.71. The smallest absolute Gasteiger partial charge is 0.0531 e. The molecule has 0 aliphatic carbocycles. The Morgan fingerprint density at radius 3 is 2.35 bits per heavy atom. The molecule has 3 rings (SSSR count). The Labute approximate surface area is 120 Å². The third-order valence-electron chi connectivity index (χ3n) is 3.48. The molecule has 2 heteroatoms. The standard InChI is InChI=1S/C18H20N2/c1-13(2)19-16-8-10-17(11-9-16)20-14(3)12-15-6-4-5-7-18(15)20/h4-13,19H,1-3H3. The Morgan fingerprint density at radius 2 is 1.65 bits per heavy atom. The van der Waals surface area contributed by atoms with Crippen LogP contribution in [0.2, 0.25) is 0 Å². The van der Waals surface area contributed by atoms with Gasteiger partial charge in [0.05, 0.1) is 5.52 Å². The van der Waals surface area contributed by atoms with E-state index in [9.17, 15) is 0 Å². The van der Waals surface area contributed by atoms with Crippen molar-refractivity contribution < 1.29 is 0 Å². The molecule has 2 aromatic carbocycles. The summed E-state index contributed by atoms with van der Waals surface area (Å²) in [6, 6.07) is 19.8. The van der Waals surface area contributed by atoms with Crippen LogP contribution in [0.1, 0.15) is 19.5 Å². The predicted molar refractivity (Wildman–Crippen MR) is 86.8 cm³/mol. The predicted octanol–water partition coefficient (Wildman–Crippen LogP) is 4.76. The van der Waals surface area contributed by atoms with Crippen LogP contribution in [0.4, 0.5) is 5.69 Å². The number of hydrogen-bond acceptors (Lipinski definition) is 1. The van der Waals surface area contributed by atoms with Gasteiger partial charge in [-0.25, -0.2) is 0 Å². The Balaban J connectivity index is 2.05. The SMILES string of the molecule is Cc1cc2ccccc2n1-c1ccc(NC(C)C)cc1. The Bertz CT molecular complexity index is 721. The summed E-state index contributed by atoms with van der Waals surface area (Å²) in [6.45, 7) is 6.45. The first-order valence-corrected chi connectivity index (χ1v) is 7.09. The third-order valence-corrected chi connectivity index (χ3v) is 3.48. The van der Waals surface area contributed by atoms with Crippen LogP contribution in [0, 0.1) is 6.92 Å². The molecule has 0 radical (unpaired) electrons. The van der Waals surface area contributed by atoms with Crippen LogP contribution in [0.25, 0.3) is 16.6 Å². The molecule has 0 bridgehead atoms. The van der Waals surface area contributed by atoms with E-state index in [1.165, 1.54) is 22.3 Å². The molecular formula is C18H20N2. The van der Waals surface area contributed by atoms with Crippen molar-refractivity contribution in [1.29, 1.82) is 0 Å². The average Bonchev–Trinajstić information content (AvgIpc) is 2.75. The van der Waals surface area contributed by atoms with E-state index in [0.717, 1.165) is 5.69 Å². The third kappa shape index (κ3) is 2.29. The molecule has 20 heavy (non-hydrogen) atoms. The second-order valence-corrected chi connectivity index (χ2v) is 5.53. The summed E-state index contributed by atoms with van der Waals surface area (Å²) in [6.07, 6.45) is 0. The fraction of sp³-hybridized carbons (Fsp3) is 0.222. The highest BCUT2D eigenvalue weighted by Crippen LogP contribution is 2.24. The number of anilines is 1. The molecule has 3 aromatic rings. The maximum atomic E-state index is 3.42. The topological polar surface area (TPSA) is 17.0 Å². The Morgan fingerprint density at radius 1 is 0.950 bits per heavy atom. The van der Waals surface area contributed by atoms with E-state index in [-0.39, 0.29) is 0 Å². The highest BCUT2D eigenvalue weighted by molar-refractivity contribution is 5.83. The largest absolute Gasteiger partial charge is 0.383 e. The molecular weight excluding hydrogens is 244 g/mol. The van der Waals surface area contributed by atoms with E-state index in [1.807, 2.05) is 0 Å². The normalized spacial score (nSPS) is 11.2. The summed E-state index contributed by atoms with van der Waals surface area (Å²) in [4.78, 5) is 0. The number of aryl methyl sites for hydroxylation is 1. The van der Waals surface area contributed by atoms with Gasteiger partial charge in [0, 0.05) is 28.5 Å². The van der Waals surface area contributed by atoms with E-state index in [2.05, 4.69) is 85.3 Å². The zero-order valence-corrected chi connectivity index (χ0v) is 12.2. The number of benzene rings is 2. The molecule has 0 saturated heterocycles. The van der Waals surface area contributed by atoms with Crippen molar-refractivity contribution in [2.24, 2.45) is 0 Å². The van der Waals surface area contributed by atoms with Gasteiger partial charge in [0.15, 0.2) is 0 Å². The van der Waals surface area contributed by atoms with Gasteiger partial charge in [-0.05, 0) is 57.2 Å². The molecule has 0 aliphatic heterocycles. The molecule has 0 saturated carbocycles. The van der Waals surface area contributed by atoms with Crippen molar-refractivity contribution in [3.63, 3.8) is 0 Å². The van der Waals surface area contributed by atoms with Crippen molar-refractivity contribution in [3.8, 4) is 5.69 Å². The number of rotatable bonds is 3. The lowest BCUT2D eigenvalue weighted by Crippen LogP contribution is -2.09. The van der Waals surface area contributed by atoms with Crippen molar-refractivity contribution >= 4 is 16.6 Å². The van der Waals surface area contributed by atoms with E-state index in [4.69, 9.17) is 0 Å². The van der Waals surface area contributed by atoms with E-state index in [0.29, 0.717) is 6.04 Å². The number of nitrogens with zero attached hydrogens (tertiary/aromatic N) is 1. The van der Waals surface area contributed by atoms with Gasteiger partial charge in [-0.2, -0.15) is 0 Å². The van der Waals surface area contributed by atoms with Crippen LogP contribution < -0.4 is 5.32 Å². The van der Waals surface area contributed by atoms with Crippen molar-refractivity contribution in [2.45, 2.75) is 26.8 Å². The maximum absolute atomic E-state index is 3.42.